The van der Waals surface area contributed by atoms with Crippen LogP contribution >= 0.6 is 0 Å². The number of ether oxygens (including phenoxy) is 3. The van der Waals surface area contributed by atoms with Crippen molar-refractivity contribution in [2.24, 2.45) is 0 Å². The summed E-state index contributed by atoms with van der Waals surface area (Å²) in [7, 11) is 1.67. The number of amides is 1. The molecule has 6 heteroatoms. The summed E-state index contributed by atoms with van der Waals surface area (Å²) in [4.78, 5) is 18.0. The van der Waals surface area contributed by atoms with Crippen LogP contribution < -0.4 is 14.2 Å². The fourth-order valence-electron chi connectivity index (χ4n) is 5.51. The molecular formula is C31H44N2O4. The molecular weight excluding hydrogens is 464 g/mol. The Labute approximate surface area is 222 Å². The zero-order valence-electron chi connectivity index (χ0n) is 22.9. The van der Waals surface area contributed by atoms with Crippen molar-refractivity contribution in [2.75, 3.05) is 46.5 Å². The number of nitrogens with zero attached hydrogens (tertiary/aromatic N) is 2. The Morgan fingerprint density at radius 2 is 1.84 bits per heavy atom. The van der Waals surface area contributed by atoms with Gasteiger partial charge in [0.05, 0.1) is 20.3 Å². The number of methoxy groups -OCH3 is 1. The predicted octanol–water partition coefficient (Wildman–Crippen LogP) is 5.69. The summed E-state index contributed by atoms with van der Waals surface area (Å²) in [6, 6.07) is 14.6. The van der Waals surface area contributed by atoms with Gasteiger partial charge in [0.25, 0.3) is 0 Å². The van der Waals surface area contributed by atoms with E-state index in [0.717, 1.165) is 82.0 Å². The molecule has 2 aliphatic rings. The van der Waals surface area contributed by atoms with Crippen LogP contribution in [-0.4, -0.2) is 68.3 Å². The fraction of sp³-hybridized carbons (Fsp3) is 0.581. The molecule has 0 spiro atoms. The molecule has 2 atom stereocenters. The summed E-state index contributed by atoms with van der Waals surface area (Å²) in [5.41, 5.74) is 2.64. The van der Waals surface area contributed by atoms with Crippen LogP contribution in [0.25, 0.3) is 0 Å². The molecule has 1 saturated heterocycles. The van der Waals surface area contributed by atoms with Gasteiger partial charge in [-0.3, -0.25) is 9.69 Å². The van der Waals surface area contributed by atoms with Crippen LogP contribution in [0.2, 0.25) is 0 Å². The number of fused-ring (bicyclic) bond motifs is 1. The molecule has 4 rings (SSSR count). The van der Waals surface area contributed by atoms with Crippen molar-refractivity contribution in [3.8, 4) is 17.2 Å². The van der Waals surface area contributed by atoms with Crippen LogP contribution in [0.1, 0.15) is 69.4 Å². The molecule has 1 fully saturated rings. The first-order valence-electron chi connectivity index (χ1n) is 14.2. The highest BCUT2D eigenvalue weighted by Crippen LogP contribution is 2.36. The topological polar surface area (TPSA) is 51.2 Å². The zero-order valence-corrected chi connectivity index (χ0v) is 22.9. The summed E-state index contributed by atoms with van der Waals surface area (Å²) < 4.78 is 17.5. The molecule has 2 aromatic rings. The maximum Gasteiger partial charge on any atom is 0.236 e. The molecule has 2 aliphatic heterocycles. The minimum absolute atomic E-state index is 0.159. The summed E-state index contributed by atoms with van der Waals surface area (Å²) >= 11 is 0. The van der Waals surface area contributed by atoms with Gasteiger partial charge in [-0.15, -0.1) is 0 Å². The summed E-state index contributed by atoms with van der Waals surface area (Å²) in [6.45, 7) is 8.71. The van der Waals surface area contributed by atoms with Gasteiger partial charge in [0.1, 0.15) is 12.4 Å². The largest absolute Gasteiger partial charge is 0.493 e. The lowest BCUT2D eigenvalue weighted by Gasteiger charge is -2.28. The van der Waals surface area contributed by atoms with Gasteiger partial charge in [-0.05, 0) is 54.5 Å². The summed E-state index contributed by atoms with van der Waals surface area (Å²) in [5.74, 6) is 3.12. The Hall–Kier alpha value is -2.73. The second-order valence-electron chi connectivity index (χ2n) is 10.4. The Kier molecular flexibility index (Phi) is 10.1. The number of hydrogen-bond donors (Lipinski definition) is 0. The van der Waals surface area contributed by atoms with Crippen molar-refractivity contribution >= 4 is 5.91 Å². The van der Waals surface area contributed by atoms with Crippen LogP contribution in [0.15, 0.2) is 42.5 Å². The number of benzene rings is 2. The third-order valence-corrected chi connectivity index (χ3v) is 7.72. The minimum atomic E-state index is 0.159. The number of unbranched alkanes of at least 4 members (excludes halogenated alkanes) is 3. The minimum Gasteiger partial charge on any atom is -0.493 e. The standard InChI is InChI=1S/C31H44N2O4/c1-4-6-10-17-32(16-7-5-2)31(34)22-33-21-26(24-13-14-28-25(19-24)15-18-36-28)20-27(33)23-37-30-12-9-8-11-29(30)35-3/h8-9,11-14,19,26-27H,4-7,10,15-18,20-23H2,1-3H3. The second-order valence-corrected chi connectivity index (χ2v) is 10.4. The SMILES string of the molecule is CCCCCN(CCCC)C(=O)CN1CC(c2ccc3c(c2)CCO3)CC1COc1ccccc1OC. The van der Waals surface area contributed by atoms with Gasteiger partial charge >= 0.3 is 0 Å². The highest BCUT2D eigenvalue weighted by atomic mass is 16.5. The molecule has 2 aromatic carbocycles. The first-order chi connectivity index (χ1) is 18.1. The van der Waals surface area contributed by atoms with Crippen molar-refractivity contribution in [1.82, 2.24) is 9.80 Å². The van der Waals surface area contributed by atoms with E-state index in [1.807, 2.05) is 24.3 Å². The van der Waals surface area contributed by atoms with E-state index < -0.39 is 0 Å². The van der Waals surface area contributed by atoms with E-state index in [1.165, 1.54) is 17.5 Å². The van der Waals surface area contributed by atoms with Crippen molar-refractivity contribution in [3.63, 3.8) is 0 Å². The molecule has 0 saturated carbocycles. The monoisotopic (exact) mass is 508 g/mol. The number of para-hydroxylation sites is 2. The second kappa shape index (κ2) is 13.7. The highest BCUT2D eigenvalue weighted by molar-refractivity contribution is 5.78. The van der Waals surface area contributed by atoms with Gasteiger partial charge < -0.3 is 19.1 Å². The van der Waals surface area contributed by atoms with E-state index in [1.54, 1.807) is 7.11 Å². The molecule has 0 aromatic heterocycles. The third kappa shape index (κ3) is 7.19. The maximum atomic E-state index is 13.5. The van der Waals surface area contributed by atoms with Crippen molar-refractivity contribution in [3.05, 3.63) is 53.6 Å². The van der Waals surface area contributed by atoms with E-state index in [-0.39, 0.29) is 11.9 Å². The Bertz CT molecular complexity index is 1010. The number of carbonyl (C=O) groups is 1. The Balaban J connectivity index is 1.48. The molecule has 1 amide bonds. The molecule has 202 valence electrons. The zero-order chi connectivity index (χ0) is 26.0. The number of hydrogen-bond acceptors (Lipinski definition) is 5. The molecule has 0 aliphatic carbocycles. The van der Waals surface area contributed by atoms with E-state index in [0.29, 0.717) is 19.1 Å². The molecule has 2 heterocycles. The maximum absolute atomic E-state index is 13.5. The number of likely N-dealkylation sites (tertiary alicyclic amines) is 1. The van der Waals surface area contributed by atoms with E-state index in [2.05, 4.69) is 41.8 Å². The first-order valence-corrected chi connectivity index (χ1v) is 14.2. The Morgan fingerprint density at radius 1 is 1.05 bits per heavy atom. The fourth-order valence-corrected chi connectivity index (χ4v) is 5.51. The predicted molar refractivity (Wildman–Crippen MR) is 148 cm³/mol. The quantitative estimate of drug-likeness (QED) is 0.307. The normalized spacial score (nSPS) is 18.9. The van der Waals surface area contributed by atoms with E-state index in [4.69, 9.17) is 14.2 Å². The highest BCUT2D eigenvalue weighted by Gasteiger charge is 2.36. The van der Waals surface area contributed by atoms with Gasteiger partial charge in [0.2, 0.25) is 5.91 Å². The lowest BCUT2D eigenvalue weighted by molar-refractivity contribution is -0.133. The average molecular weight is 509 g/mol. The number of rotatable bonds is 14. The van der Waals surface area contributed by atoms with Gasteiger partial charge in [-0.2, -0.15) is 0 Å². The van der Waals surface area contributed by atoms with Crippen LogP contribution in [0, 0.1) is 0 Å². The number of carbonyl (C=O) groups excluding carboxylic acids is 1. The van der Waals surface area contributed by atoms with Crippen molar-refractivity contribution in [2.45, 2.75) is 70.8 Å². The lowest BCUT2D eigenvalue weighted by atomic mass is 9.94. The van der Waals surface area contributed by atoms with E-state index in [9.17, 15) is 4.79 Å². The first kappa shape index (κ1) is 27.3. The molecule has 2 unspecified atom stereocenters. The Morgan fingerprint density at radius 3 is 2.62 bits per heavy atom. The molecule has 6 nitrogen and oxygen atoms in total. The molecule has 37 heavy (non-hydrogen) atoms. The van der Waals surface area contributed by atoms with Crippen molar-refractivity contribution < 1.29 is 19.0 Å². The van der Waals surface area contributed by atoms with Crippen LogP contribution in [0.4, 0.5) is 0 Å². The summed E-state index contributed by atoms with van der Waals surface area (Å²) in [5, 5.41) is 0. The molecule has 0 radical (unpaired) electrons. The average Bonchev–Trinajstić information content (AvgIpc) is 3.56. The smallest absolute Gasteiger partial charge is 0.236 e. The molecule has 0 N–H and O–H groups in total. The van der Waals surface area contributed by atoms with Gasteiger partial charge in [0, 0.05) is 32.1 Å². The van der Waals surface area contributed by atoms with E-state index >= 15 is 0 Å². The molecule has 0 bridgehead atoms. The summed E-state index contributed by atoms with van der Waals surface area (Å²) in [6.07, 6.45) is 7.50. The third-order valence-electron chi connectivity index (χ3n) is 7.72. The van der Waals surface area contributed by atoms with Gasteiger partial charge in [0.15, 0.2) is 11.5 Å². The lowest BCUT2D eigenvalue weighted by Crippen LogP contribution is -2.44. The van der Waals surface area contributed by atoms with Gasteiger partial charge in [-0.25, -0.2) is 0 Å². The van der Waals surface area contributed by atoms with Crippen molar-refractivity contribution in [1.29, 1.82) is 0 Å². The van der Waals surface area contributed by atoms with Crippen LogP contribution in [0.3, 0.4) is 0 Å². The van der Waals surface area contributed by atoms with Gasteiger partial charge in [-0.1, -0.05) is 57.4 Å². The van der Waals surface area contributed by atoms with Crippen LogP contribution in [0.5, 0.6) is 17.2 Å². The van der Waals surface area contributed by atoms with Crippen LogP contribution in [-0.2, 0) is 11.2 Å².